The lowest BCUT2D eigenvalue weighted by molar-refractivity contribution is -0.274. The molecule has 2 N–H and O–H groups in total. The first kappa shape index (κ1) is 26.3. The van der Waals surface area contributed by atoms with E-state index in [1.54, 1.807) is 26.0 Å². The first-order valence-corrected chi connectivity index (χ1v) is 12.5. The highest BCUT2D eigenvalue weighted by Gasteiger charge is 2.35. The molecule has 8 heteroatoms. The third-order valence-electron chi connectivity index (χ3n) is 6.85. The molecule has 4 rings (SSSR count). The van der Waals surface area contributed by atoms with Gasteiger partial charge < -0.3 is 19.7 Å². The average molecular weight is 504 g/mol. The van der Waals surface area contributed by atoms with Gasteiger partial charge in [-0.2, -0.15) is 0 Å². The number of hydrogen-bond acceptors (Lipinski definition) is 4. The van der Waals surface area contributed by atoms with Crippen LogP contribution >= 0.6 is 0 Å². The minimum Gasteiger partial charge on any atom is -0.406 e. The second kappa shape index (κ2) is 9.61. The highest BCUT2D eigenvalue weighted by atomic mass is 19.4. The zero-order chi connectivity index (χ0) is 26.3. The molecule has 2 aromatic carbocycles. The molecule has 1 fully saturated rings. The van der Waals surface area contributed by atoms with Gasteiger partial charge in [0.15, 0.2) is 0 Å². The van der Waals surface area contributed by atoms with Crippen molar-refractivity contribution in [1.29, 1.82) is 0 Å². The number of ether oxygens (including phenoxy) is 1. The van der Waals surface area contributed by atoms with Crippen LogP contribution in [0.3, 0.4) is 0 Å². The van der Waals surface area contributed by atoms with Crippen LogP contribution < -0.4 is 10.1 Å². The Kier molecular flexibility index (Phi) is 7.03. The zero-order valence-electron chi connectivity index (χ0n) is 21.6. The van der Waals surface area contributed by atoms with Crippen molar-refractivity contribution in [2.45, 2.75) is 84.7 Å². The second-order valence-electron chi connectivity index (χ2n) is 11.7. The van der Waals surface area contributed by atoms with Crippen LogP contribution in [0.5, 0.6) is 5.75 Å². The van der Waals surface area contributed by atoms with E-state index in [9.17, 15) is 18.3 Å². The van der Waals surface area contributed by atoms with Crippen molar-refractivity contribution < 1.29 is 23.0 Å². The fourth-order valence-corrected chi connectivity index (χ4v) is 5.57. The van der Waals surface area contributed by atoms with Gasteiger partial charge in [0.2, 0.25) is 5.95 Å². The molecule has 0 aliphatic heterocycles. The number of halogens is 3. The Labute approximate surface area is 210 Å². The van der Waals surface area contributed by atoms with E-state index in [1.807, 2.05) is 0 Å². The molecule has 0 amide bonds. The Morgan fingerprint density at radius 1 is 1.11 bits per heavy atom. The van der Waals surface area contributed by atoms with Crippen LogP contribution in [-0.2, 0) is 6.42 Å². The Balaban J connectivity index is 1.69. The lowest BCUT2D eigenvalue weighted by atomic mass is 9.70. The van der Waals surface area contributed by atoms with E-state index in [1.165, 1.54) is 18.6 Å². The molecule has 2 atom stereocenters. The van der Waals surface area contributed by atoms with Gasteiger partial charge in [-0.3, -0.25) is 0 Å². The molecule has 1 aliphatic rings. The number of nitrogens with one attached hydrogen (secondary N) is 1. The number of nitrogens with zero attached hydrogens (tertiary/aromatic N) is 2. The fraction of sp³-hybridized carbons (Fsp3) is 0.536. The number of aromatic nitrogens is 2. The quantitative estimate of drug-likeness (QED) is 0.346. The summed E-state index contributed by atoms with van der Waals surface area (Å²) in [5.41, 5.74) is 3.07. The molecule has 196 valence electrons. The van der Waals surface area contributed by atoms with E-state index in [0.29, 0.717) is 24.0 Å². The lowest BCUT2D eigenvalue weighted by Crippen LogP contribution is -2.29. The van der Waals surface area contributed by atoms with Crippen molar-refractivity contribution in [1.82, 2.24) is 9.55 Å². The van der Waals surface area contributed by atoms with Gasteiger partial charge in [-0.05, 0) is 99.2 Å². The summed E-state index contributed by atoms with van der Waals surface area (Å²) >= 11 is 0. The maximum atomic E-state index is 12.5. The number of aliphatic hydroxyl groups is 1. The minimum absolute atomic E-state index is 0.194. The van der Waals surface area contributed by atoms with E-state index in [0.717, 1.165) is 35.9 Å². The zero-order valence-corrected chi connectivity index (χ0v) is 21.6. The van der Waals surface area contributed by atoms with Crippen LogP contribution in [0, 0.1) is 11.3 Å². The summed E-state index contributed by atoms with van der Waals surface area (Å²) in [4.78, 5) is 4.92. The smallest absolute Gasteiger partial charge is 0.406 e. The van der Waals surface area contributed by atoms with Crippen molar-refractivity contribution in [2.24, 2.45) is 11.3 Å². The van der Waals surface area contributed by atoms with E-state index >= 15 is 0 Å². The molecule has 1 saturated carbocycles. The summed E-state index contributed by atoms with van der Waals surface area (Å²) in [6.07, 6.45) is -0.135. The number of hydrogen-bond donors (Lipinski definition) is 2. The van der Waals surface area contributed by atoms with Gasteiger partial charge in [-0.25, -0.2) is 4.98 Å². The Morgan fingerprint density at radius 2 is 1.81 bits per heavy atom. The van der Waals surface area contributed by atoms with E-state index in [2.05, 4.69) is 53.6 Å². The van der Waals surface area contributed by atoms with Gasteiger partial charge >= 0.3 is 6.36 Å². The van der Waals surface area contributed by atoms with Crippen molar-refractivity contribution in [3.63, 3.8) is 0 Å². The minimum atomic E-state index is -4.73. The third-order valence-corrected chi connectivity index (χ3v) is 6.85. The largest absolute Gasteiger partial charge is 0.573 e. The van der Waals surface area contributed by atoms with Crippen LogP contribution in [0.15, 0.2) is 42.5 Å². The van der Waals surface area contributed by atoms with Crippen molar-refractivity contribution in [3.05, 3.63) is 48.0 Å². The summed E-state index contributed by atoms with van der Waals surface area (Å²) in [5.74, 6) is 0.971. The second-order valence-corrected chi connectivity index (χ2v) is 11.7. The Morgan fingerprint density at radius 3 is 2.42 bits per heavy atom. The molecule has 0 spiro atoms. The summed E-state index contributed by atoms with van der Waals surface area (Å²) in [5, 5.41) is 13.5. The molecule has 3 aromatic rings. The van der Waals surface area contributed by atoms with Crippen molar-refractivity contribution in [2.75, 3.05) is 5.32 Å². The molecule has 0 radical (unpaired) electrons. The molecule has 2 unspecified atom stereocenters. The van der Waals surface area contributed by atoms with Crippen LogP contribution in [0.25, 0.3) is 11.0 Å². The van der Waals surface area contributed by atoms with Gasteiger partial charge in [0.25, 0.3) is 0 Å². The molecular formula is C28H36F3N3O2. The highest BCUT2D eigenvalue weighted by Crippen LogP contribution is 2.46. The molecule has 5 nitrogen and oxygen atoms in total. The molecule has 1 aromatic heterocycles. The number of fused-ring (bicyclic) bond motifs is 1. The standard InChI is InChI=1S/C28H36F3N3O2/c1-18-14-21(17-26(2,3)16-18)34-24-11-6-19(12-13-27(4,5)35)15-23(24)33-25(34)32-20-7-9-22(10-8-20)36-28(29,30)31/h6-11,15,18,21,35H,12-14,16-17H2,1-5H3,(H,32,33). The molecular weight excluding hydrogens is 467 g/mol. The van der Waals surface area contributed by atoms with Crippen molar-refractivity contribution >= 4 is 22.7 Å². The van der Waals surface area contributed by atoms with E-state index in [-0.39, 0.29) is 17.2 Å². The van der Waals surface area contributed by atoms with Gasteiger partial charge in [0, 0.05) is 11.7 Å². The van der Waals surface area contributed by atoms with Gasteiger partial charge in [0.05, 0.1) is 16.6 Å². The predicted octanol–water partition coefficient (Wildman–Crippen LogP) is 7.77. The topological polar surface area (TPSA) is 59.3 Å². The van der Waals surface area contributed by atoms with Crippen LogP contribution in [-0.4, -0.2) is 26.6 Å². The van der Waals surface area contributed by atoms with Gasteiger partial charge in [-0.15, -0.1) is 13.2 Å². The number of rotatable bonds is 7. The Hall–Kier alpha value is -2.74. The van der Waals surface area contributed by atoms with Gasteiger partial charge in [-0.1, -0.05) is 26.8 Å². The number of anilines is 2. The van der Waals surface area contributed by atoms with Crippen molar-refractivity contribution in [3.8, 4) is 5.75 Å². The summed E-state index contributed by atoms with van der Waals surface area (Å²) in [6, 6.07) is 12.2. The monoisotopic (exact) mass is 503 g/mol. The number of aryl methyl sites for hydroxylation is 1. The molecule has 1 heterocycles. The highest BCUT2D eigenvalue weighted by molar-refractivity contribution is 5.81. The van der Waals surface area contributed by atoms with Crippen LogP contribution in [0.2, 0.25) is 0 Å². The number of alkyl halides is 3. The molecule has 0 bridgehead atoms. The normalized spacial score (nSPS) is 20.5. The SMILES string of the molecule is CC1CC(n2c(Nc3ccc(OC(F)(F)F)cc3)nc3cc(CCC(C)(C)O)ccc32)CC(C)(C)C1. The first-order chi connectivity index (χ1) is 16.7. The van der Waals surface area contributed by atoms with Crippen LogP contribution in [0.4, 0.5) is 24.8 Å². The maximum absolute atomic E-state index is 12.5. The van der Waals surface area contributed by atoms with Gasteiger partial charge in [0.1, 0.15) is 5.75 Å². The summed E-state index contributed by atoms with van der Waals surface area (Å²) < 4.78 is 43.9. The number of benzene rings is 2. The maximum Gasteiger partial charge on any atom is 0.573 e. The predicted molar refractivity (Wildman–Crippen MR) is 137 cm³/mol. The Bertz CT molecular complexity index is 1190. The third kappa shape index (κ3) is 6.72. The summed E-state index contributed by atoms with van der Waals surface area (Å²) in [7, 11) is 0. The van der Waals surface area contributed by atoms with Crippen LogP contribution in [0.1, 0.15) is 71.9 Å². The molecule has 36 heavy (non-hydrogen) atoms. The molecule has 1 aliphatic carbocycles. The average Bonchev–Trinajstić information content (AvgIpc) is 3.07. The summed E-state index contributed by atoms with van der Waals surface area (Å²) in [6.45, 7) is 10.5. The number of imidazole rings is 1. The lowest BCUT2D eigenvalue weighted by Gasteiger charge is -2.40. The molecule has 0 saturated heterocycles. The fourth-order valence-electron chi connectivity index (χ4n) is 5.57. The first-order valence-electron chi connectivity index (χ1n) is 12.5. The van der Waals surface area contributed by atoms with E-state index in [4.69, 9.17) is 4.98 Å². The van der Waals surface area contributed by atoms with E-state index < -0.39 is 12.0 Å².